The molecule has 0 radical (unpaired) electrons. The molecule has 0 unspecified atom stereocenters. The Morgan fingerprint density at radius 1 is 1.40 bits per heavy atom. The maximum absolute atomic E-state index is 12.5. The minimum absolute atomic E-state index is 0.0161. The zero-order chi connectivity index (χ0) is 14.5. The number of amides is 1. The number of aromatic nitrogens is 1. The third-order valence-electron chi connectivity index (χ3n) is 3.50. The molecule has 1 amide bonds. The summed E-state index contributed by atoms with van der Waals surface area (Å²) in [5, 5.41) is 0. The third-order valence-corrected chi connectivity index (χ3v) is 3.97. The average Bonchev–Trinajstić information content (AvgIpc) is 2.98. The number of hydrogen-bond acceptors (Lipinski definition) is 4. The molecule has 5 nitrogen and oxygen atoms in total. The Balaban J connectivity index is 2.18. The van der Waals surface area contributed by atoms with Gasteiger partial charge in [0.05, 0.1) is 7.11 Å². The van der Waals surface area contributed by atoms with Gasteiger partial charge >= 0.3 is 5.97 Å². The van der Waals surface area contributed by atoms with Crippen molar-refractivity contribution >= 4 is 27.8 Å². The van der Waals surface area contributed by atoms with Crippen molar-refractivity contribution in [3.63, 3.8) is 0 Å². The predicted octanol–water partition coefficient (Wildman–Crippen LogP) is 2.40. The van der Waals surface area contributed by atoms with E-state index in [0.717, 1.165) is 30.2 Å². The van der Waals surface area contributed by atoms with Gasteiger partial charge in [0.2, 0.25) is 0 Å². The summed E-state index contributed by atoms with van der Waals surface area (Å²) in [6, 6.07) is 3.53. The number of carbonyl (C=O) groups is 2. The molecule has 0 spiro atoms. The number of hydrogen-bond donors (Lipinski definition) is 0. The molecule has 1 aromatic rings. The summed E-state index contributed by atoms with van der Waals surface area (Å²) in [6.45, 7) is -0.0161. The minimum Gasteiger partial charge on any atom is -0.468 e. The van der Waals surface area contributed by atoms with E-state index in [1.807, 2.05) is 0 Å². The number of esters is 1. The molecule has 2 rings (SSSR count). The molecule has 0 atom stereocenters. The van der Waals surface area contributed by atoms with Crippen molar-refractivity contribution in [1.82, 2.24) is 9.88 Å². The summed E-state index contributed by atoms with van der Waals surface area (Å²) < 4.78 is 5.50. The summed E-state index contributed by atoms with van der Waals surface area (Å²) in [7, 11) is 1.33. The zero-order valence-corrected chi connectivity index (χ0v) is 12.9. The molecule has 0 N–H and O–H groups in total. The highest BCUT2D eigenvalue weighted by atomic mass is 79.9. The van der Waals surface area contributed by atoms with Crippen LogP contribution in [-0.2, 0) is 9.53 Å². The Kier molecular flexibility index (Phi) is 5.11. The van der Waals surface area contributed by atoms with Gasteiger partial charge in [0.15, 0.2) is 0 Å². The van der Waals surface area contributed by atoms with Gasteiger partial charge in [0.1, 0.15) is 12.2 Å². The molecule has 20 heavy (non-hydrogen) atoms. The average molecular weight is 341 g/mol. The Morgan fingerprint density at radius 3 is 2.65 bits per heavy atom. The van der Waals surface area contributed by atoms with Crippen molar-refractivity contribution in [2.45, 2.75) is 31.7 Å². The maximum Gasteiger partial charge on any atom is 0.325 e. The van der Waals surface area contributed by atoms with Crippen molar-refractivity contribution in [2.75, 3.05) is 13.7 Å². The highest BCUT2D eigenvalue weighted by molar-refractivity contribution is 9.10. The fraction of sp³-hybridized carbons (Fsp3) is 0.500. The molecule has 108 valence electrons. The number of halogens is 1. The molecule has 1 aliphatic carbocycles. The number of ether oxygens (including phenoxy) is 1. The summed E-state index contributed by atoms with van der Waals surface area (Å²) >= 11 is 3.29. The van der Waals surface area contributed by atoms with Crippen molar-refractivity contribution < 1.29 is 14.3 Å². The van der Waals surface area contributed by atoms with Crippen LogP contribution in [-0.4, -0.2) is 41.5 Å². The van der Waals surface area contributed by atoms with Crippen LogP contribution in [0.2, 0.25) is 0 Å². The molecule has 1 fully saturated rings. The number of methoxy groups -OCH3 is 1. The molecule has 0 aliphatic heterocycles. The van der Waals surface area contributed by atoms with Gasteiger partial charge in [0, 0.05) is 16.7 Å². The van der Waals surface area contributed by atoms with E-state index >= 15 is 0 Å². The van der Waals surface area contributed by atoms with E-state index in [4.69, 9.17) is 0 Å². The molecule has 1 aliphatic rings. The third kappa shape index (κ3) is 3.56. The molecule has 0 aromatic carbocycles. The molecule has 0 bridgehead atoms. The first-order valence-corrected chi connectivity index (χ1v) is 7.40. The highest BCUT2D eigenvalue weighted by Gasteiger charge is 2.29. The quantitative estimate of drug-likeness (QED) is 0.789. The van der Waals surface area contributed by atoms with Crippen LogP contribution in [0.4, 0.5) is 0 Å². The van der Waals surface area contributed by atoms with Gasteiger partial charge < -0.3 is 9.64 Å². The van der Waals surface area contributed by atoms with Gasteiger partial charge in [-0.15, -0.1) is 0 Å². The highest BCUT2D eigenvalue weighted by Crippen LogP contribution is 2.24. The lowest BCUT2D eigenvalue weighted by atomic mass is 10.2. The maximum atomic E-state index is 12.5. The Morgan fingerprint density at radius 2 is 2.10 bits per heavy atom. The molecule has 0 saturated heterocycles. The summed E-state index contributed by atoms with van der Waals surface area (Å²) in [5.41, 5.74) is 0.351. The number of carbonyl (C=O) groups excluding carboxylic acids is 2. The predicted molar refractivity (Wildman–Crippen MR) is 77.2 cm³/mol. The van der Waals surface area contributed by atoms with Crippen LogP contribution < -0.4 is 0 Å². The van der Waals surface area contributed by atoms with Gasteiger partial charge in [-0.3, -0.25) is 9.59 Å². The summed E-state index contributed by atoms with van der Waals surface area (Å²) in [5.74, 6) is -0.614. The second-order valence-corrected chi connectivity index (χ2v) is 5.72. The van der Waals surface area contributed by atoms with Crippen LogP contribution in [0.5, 0.6) is 0 Å². The van der Waals surface area contributed by atoms with E-state index in [-0.39, 0.29) is 18.5 Å². The Labute approximate surface area is 126 Å². The standard InChI is InChI=1S/C14H17BrN2O3/c1-20-13(18)9-17(11-4-2-3-5-11)14(19)12-7-6-10(15)8-16-12/h6-8,11H,2-5,9H2,1H3. The van der Waals surface area contributed by atoms with Crippen molar-refractivity contribution in [3.8, 4) is 0 Å². The molecular formula is C14H17BrN2O3. The van der Waals surface area contributed by atoms with Crippen molar-refractivity contribution in [3.05, 3.63) is 28.5 Å². The summed E-state index contributed by atoms with van der Waals surface area (Å²) in [4.78, 5) is 29.8. The van der Waals surface area contributed by atoms with Crippen molar-refractivity contribution in [1.29, 1.82) is 0 Å². The second kappa shape index (κ2) is 6.83. The number of rotatable bonds is 4. The van der Waals surface area contributed by atoms with E-state index in [1.165, 1.54) is 7.11 Å². The smallest absolute Gasteiger partial charge is 0.325 e. The topological polar surface area (TPSA) is 59.5 Å². The van der Waals surface area contributed by atoms with E-state index in [1.54, 1.807) is 23.2 Å². The van der Waals surface area contributed by atoms with Crippen LogP contribution >= 0.6 is 15.9 Å². The van der Waals surface area contributed by atoms with Crippen LogP contribution in [0.25, 0.3) is 0 Å². The number of pyridine rings is 1. The lowest BCUT2D eigenvalue weighted by molar-refractivity contribution is -0.141. The molecule has 1 heterocycles. The van der Waals surface area contributed by atoms with Crippen LogP contribution in [0.3, 0.4) is 0 Å². The fourth-order valence-electron chi connectivity index (χ4n) is 2.44. The van der Waals surface area contributed by atoms with Gasteiger partial charge in [-0.2, -0.15) is 0 Å². The van der Waals surface area contributed by atoms with Gasteiger partial charge in [-0.1, -0.05) is 12.8 Å². The first-order valence-electron chi connectivity index (χ1n) is 6.61. The molecular weight excluding hydrogens is 324 g/mol. The zero-order valence-electron chi connectivity index (χ0n) is 11.3. The first kappa shape index (κ1) is 15.0. The molecule has 1 aromatic heterocycles. The largest absolute Gasteiger partial charge is 0.468 e. The summed E-state index contributed by atoms with van der Waals surface area (Å²) in [6.07, 6.45) is 5.61. The van der Waals surface area contributed by atoms with Crippen LogP contribution in [0.1, 0.15) is 36.2 Å². The van der Waals surface area contributed by atoms with E-state index in [2.05, 4.69) is 25.7 Å². The lowest BCUT2D eigenvalue weighted by Crippen LogP contribution is -2.42. The van der Waals surface area contributed by atoms with Crippen molar-refractivity contribution in [2.24, 2.45) is 0 Å². The number of nitrogens with zero attached hydrogens (tertiary/aromatic N) is 2. The van der Waals surface area contributed by atoms with Gasteiger partial charge in [-0.25, -0.2) is 4.98 Å². The molecule has 1 saturated carbocycles. The second-order valence-electron chi connectivity index (χ2n) is 4.81. The van der Waals surface area contributed by atoms with Gasteiger partial charge in [0.25, 0.3) is 5.91 Å². The van der Waals surface area contributed by atoms with Crippen LogP contribution in [0.15, 0.2) is 22.8 Å². The van der Waals surface area contributed by atoms with E-state index in [9.17, 15) is 9.59 Å². The van der Waals surface area contributed by atoms with Crippen LogP contribution in [0, 0.1) is 0 Å². The van der Waals surface area contributed by atoms with E-state index in [0.29, 0.717) is 5.69 Å². The lowest BCUT2D eigenvalue weighted by Gasteiger charge is -2.27. The fourth-order valence-corrected chi connectivity index (χ4v) is 2.67. The Bertz CT molecular complexity index is 484. The Hall–Kier alpha value is -1.43. The SMILES string of the molecule is COC(=O)CN(C(=O)c1ccc(Br)cn1)C1CCCC1. The molecule has 6 heteroatoms. The van der Waals surface area contributed by atoms with Gasteiger partial charge in [-0.05, 0) is 40.9 Å². The normalized spacial score (nSPS) is 15.1. The minimum atomic E-state index is -0.401. The van der Waals surface area contributed by atoms with E-state index < -0.39 is 5.97 Å². The monoisotopic (exact) mass is 340 g/mol. The first-order chi connectivity index (χ1) is 9.61.